The van der Waals surface area contributed by atoms with Crippen molar-refractivity contribution in [1.82, 2.24) is 14.9 Å². The van der Waals surface area contributed by atoms with E-state index in [4.69, 9.17) is 9.72 Å². The van der Waals surface area contributed by atoms with E-state index in [1.54, 1.807) is 0 Å². The number of hydrogen-bond donors (Lipinski definition) is 2. The van der Waals surface area contributed by atoms with E-state index in [1.165, 1.54) is 0 Å². The Balaban J connectivity index is 1.60. The summed E-state index contributed by atoms with van der Waals surface area (Å²) < 4.78 is 7.62. The van der Waals surface area contributed by atoms with Gasteiger partial charge in [0.05, 0.1) is 23.7 Å². The van der Waals surface area contributed by atoms with Crippen LogP contribution in [0.3, 0.4) is 0 Å². The van der Waals surface area contributed by atoms with Crippen LogP contribution in [0.25, 0.3) is 22.4 Å². The average molecular weight is 350 g/mol. The molecule has 2 heterocycles. The molecule has 1 amide bonds. The summed E-state index contributed by atoms with van der Waals surface area (Å²) >= 11 is 0. The molecule has 6 nitrogen and oxygen atoms in total. The Bertz CT molecular complexity index is 950. The van der Waals surface area contributed by atoms with Crippen LogP contribution in [0.5, 0.6) is 0 Å². The SMILES string of the molecule is C[C@H]1OCCN[C@@H]1C(=O)Nc1cccc(-c2nc3ccccc3n2C)c1. The Kier molecular flexibility index (Phi) is 4.44. The first-order valence-electron chi connectivity index (χ1n) is 8.81. The zero-order valence-electron chi connectivity index (χ0n) is 14.9. The maximum absolute atomic E-state index is 12.6. The fraction of sp³-hybridized carbons (Fsp3) is 0.300. The number of nitrogens with one attached hydrogen (secondary N) is 2. The van der Waals surface area contributed by atoms with E-state index in [0.29, 0.717) is 13.2 Å². The highest BCUT2D eigenvalue weighted by molar-refractivity contribution is 5.96. The van der Waals surface area contributed by atoms with Gasteiger partial charge in [-0.1, -0.05) is 24.3 Å². The molecule has 3 aromatic rings. The minimum Gasteiger partial charge on any atom is -0.375 e. The van der Waals surface area contributed by atoms with Gasteiger partial charge in [0.25, 0.3) is 0 Å². The number of ether oxygens (including phenoxy) is 1. The van der Waals surface area contributed by atoms with Crippen molar-refractivity contribution in [3.05, 3.63) is 48.5 Å². The molecule has 0 aliphatic carbocycles. The quantitative estimate of drug-likeness (QED) is 0.762. The van der Waals surface area contributed by atoms with Crippen molar-refractivity contribution in [3.63, 3.8) is 0 Å². The van der Waals surface area contributed by atoms with Gasteiger partial charge in [0.2, 0.25) is 5.91 Å². The molecule has 1 fully saturated rings. The number of amides is 1. The molecule has 0 saturated carbocycles. The van der Waals surface area contributed by atoms with Crippen molar-refractivity contribution in [2.24, 2.45) is 7.05 Å². The molecular formula is C20H22N4O2. The van der Waals surface area contributed by atoms with Crippen molar-refractivity contribution in [1.29, 1.82) is 0 Å². The van der Waals surface area contributed by atoms with E-state index < -0.39 is 0 Å². The minimum atomic E-state index is -0.344. The number of aromatic nitrogens is 2. The molecule has 2 aromatic carbocycles. The largest absolute Gasteiger partial charge is 0.375 e. The third kappa shape index (κ3) is 3.09. The fourth-order valence-corrected chi connectivity index (χ4v) is 3.39. The summed E-state index contributed by atoms with van der Waals surface area (Å²) in [6.45, 7) is 3.22. The topological polar surface area (TPSA) is 68.2 Å². The number of benzene rings is 2. The van der Waals surface area contributed by atoms with Gasteiger partial charge in [-0.2, -0.15) is 0 Å². The van der Waals surface area contributed by atoms with Crippen LogP contribution in [0.4, 0.5) is 5.69 Å². The number of anilines is 1. The summed E-state index contributed by atoms with van der Waals surface area (Å²) in [7, 11) is 2.00. The number of fused-ring (bicyclic) bond motifs is 1. The molecule has 0 radical (unpaired) electrons. The molecule has 1 aromatic heterocycles. The molecular weight excluding hydrogens is 328 g/mol. The van der Waals surface area contributed by atoms with Crippen molar-refractivity contribution in [2.45, 2.75) is 19.1 Å². The lowest BCUT2D eigenvalue weighted by Crippen LogP contribution is -2.53. The molecule has 1 saturated heterocycles. The third-order valence-electron chi connectivity index (χ3n) is 4.77. The van der Waals surface area contributed by atoms with Gasteiger partial charge in [0.15, 0.2) is 0 Å². The molecule has 2 N–H and O–H groups in total. The summed E-state index contributed by atoms with van der Waals surface area (Å²) in [4.78, 5) is 17.3. The second-order valence-corrected chi connectivity index (χ2v) is 6.56. The Hall–Kier alpha value is -2.70. The number of para-hydroxylation sites is 2. The fourth-order valence-electron chi connectivity index (χ4n) is 3.39. The number of hydrogen-bond acceptors (Lipinski definition) is 4. The van der Waals surface area contributed by atoms with Crippen LogP contribution >= 0.6 is 0 Å². The van der Waals surface area contributed by atoms with Crippen LogP contribution in [-0.2, 0) is 16.6 Å². The second-order valence-electron chi connectivity index (χ2n) is 6.56. The van der Waals surface area contributed by atoms with Gasteiger partial charge in [0.1, 0.15) is 11.9 Å². The molecule has 0 unspecified atom stereocenters. The molecule has 4 rings (SSSR count). The van der Waals surface area contributed by atoms with Gasteiger partial charge in [0, 0.05) is 24.8 Å². The Morgan fingerprint density at radius 2 is 2.12 bits per heavy atom. The predicted octanol–water partition coefficient (Wildman–Crippen LogP) is 2.56. The van der Waals surface area contributed by atoms with Crippen molar-refractivity contribution >= 4 is 22.6 Å². The molecule has 1 aliphatic heterocycles. The van der Waals surface area contributed by atoms with Crippen LogP contribution in [0, 0.1) is 0 Å². The second kappa shape index (κ2) is 6.90. The van der Waals surface area contributed by atoms with Crippen LogP contribution in [0.1, 0.15) is 6.92 Å². The maximum Gasteiger partial charge on any atom is 0.244 e. The molecule has 134 valence electrons. The third-order valence-corrected chi connectivity index (χ3v) is 4.77. The van der Waals surface area contributed by atoms with Crippen molar-refractivity contribution in [2.75, 3.05) is 18.5 Å². The number of nitrogens with zero attached hydrogens (tertiary/aromatic N) is 2. The maximum atomic E-state index is 12.6. The van der Waals surface area contributed by atoms with Crippen LogP contribution in [0.15, 0.2) is 48.5 Å². The van der Waals surface area contributed by atoms with Crippen LogP contribution in [-0.4, -0.2) is 40.8 Å². The molecule has 2 atom stereocenters. The summed E-state index contributed by atoms with van der Waals surface area (Å²) in [6.07, 6.45) is -0.147. The van der Waals surface area contributed by atoms with Gasteiger partial charge in [-0.25, -0.2) is 4.98 Å². The van der Waals surface area contributed by atoms with Crippen LogP contribution < -0.4 is 10.6 Å². The summed E-state index contributed by atoms with van der Waals surface area (Å²) in [6, 6.07) is 15.5. The molecule has 6 heteroatoms. The Labute approximate surface area is 152 Å². The number of aryl methyl sites for hydroxylation is 1. The summed E-state index contributed by atoms with van der Waals surface area (Å²) in [5.74, 6) is 0.786. The van der Waals surface area contributed by atoms with Gasteiger partial charge >= 0.3 is 0 Å². The van der Waals surface area contributed by atoms with E-state index >= 15 is 0 Å². The number of morpholine rings is 1. The van der Waals surface area contributed by atoms with Gasteiger partial charge in [-0.3, -0.25) is 4.79 Å². The van der Waals surface area contributed by atoms with E-state index in [-0.39, 0.29) is 18.1 Å². The minimum absolute atomic E-state index is 0.0839. The Morgan fingerprint density at radius 1 is 1.27 bits per heavy atom. The molecule has 26 heavy (non-hydrogen) atoms. The standard InChI is InChI=1S/C20H22N4O2/c1-13-18(21-10-11-26-13)20(25)22-15-7-5-6-14(12-15)19-23-16-8-3-4-9-17(16)24(19)2/h3-9,12-13,18,21H,10-11H2,1-2H3,(H,22,25)/t13-,18+/m1/s1. The lowest BCUT2D eigenvalue weighted by atomic mass is 10.1. The molecule has 0 spiro atoms. The first kappa shape index (κ1) is 16.8. The van der Waals surface area contributed by atoms with E-state index in [0.717, 1.165) is 28.1 Å². The summed E-state index contributed by atoms with van der Waals surface area (Å²) in [5, 5.41) is 6.20. The smallest absolute Gasteiger partial charge is 0.244 e. The zero-order chi connectivity index (χ0) is 18.1. The van der Waals surface area contributed by atoms with E-state index in [9.17, 15) is 4.79 Å². The first-order valence-corrected chi connectivity index (χ1v) is 8.81. The molecule has 0 bridgehead atoms. The normalized spacial score (nSPS) is 20.2. The number of carbonyl (C=O) groups is 1. The summed E-state index contributed by atoms with van der Waals surface area (Å²) in [5.41, 5.74) is 3.74. The van der Waals surface area contributed by atoms with Crippen molar-refractivity contribution < 1.29 is 9.53 Å². The lowest BCUT2D eigenvalue weighted by Gasteiger charge is -2.29. The van der Waals surface area contributed by atoms with Gasteiger partial charge < -0.3 is 19.9 Å². The number of carbonyl (C=O) groups excluding carboxylic acids is 1. The van der Waals surface area contributed by atoms with Gasteiger partial charge in [-0.15, -0.1) is 0 Å². The lowest BCUT2D eigenvalue weighted by molar-refractivity contribution is -0.123. The highest BCUT2D eigenvalue weighted by atomic mass is 16.5. The first-order chi connectivity index (χ1) is 12.6. The highest BCUT2D eigenvalue weighted by Crippen LogP contribution is 2.25. The molecule has 1 aliphatic rings. The zero-order valence-corrected chi connectivity index (χ0v) is 14.9. The monoisotopic (exact) mass is 350 g/mol. The van der Waals surface area contributed by atoms with Crippen molar-refractivity contribution in [3.8, 4) is 11.4 Å². The number of imidazole rings is 1. The van der Waals surface area contributed by atoms with E-state index in [2.05, 4.69) is 15.2 Å². The average Bonchev–Trinajstić information content (AvgIpc) is 2.99. The highest BCUT2D eigenvalue weighted by Gasteiger charge is 2.28. The predicted molar refractivity (Wildman–Crippen MR) is 102 cm³/mol. The number of rotatable bonds is 3. The van der Waals surface area contributed by atoms with Crippen LogP contribution in [0.2, 0.25) is 0 Å². The van der Waals surface area contributed by atoms with Gasteiger partial charge in [-0.05, 0) is 31.2 Å². The Morgan fingerprint density at radius 3 is 2.92 bits per heavy atom. The van der Waals surface area contributed by atoms with E-state index in [1.807, 2.05) is 62.5 Å².